The molecule has 4 rings (SSSR count). The quantitative estimate of drug-likeness (QED) is 0.453. The molecule has 0 amide bonds. The van der Waals surface area contributed by atoms with Crippen LogP contribution in [0.1, 0.15) is 38.2 Å². The second-order valence-corrected chi connectivity index (χ2v) is 8.02. The number of methoxy groups -OCH3 is 1. The molecule has 170 valence electrons. The number of nitrogens with zero attached hydrogens (tertiary/aromatic N) is 2. The summed E-state index contributed by atoms with van der Waals surface area (Å²) >= 11 is 0. The van der Waals surface area contributed by atoms with Crippen LogP contribution in [0, 0.1) is 0 Å². The van der Waals surface area contributed by atoms with E-state index in [9.17, 15) is 0 Å². The molecule has 0 bridgehead atoms. The van der Waals surface area contributed by atoms with Crippen molar-refractivity contribution in [3.63, 3.8) is 0 Å². The fourth-order valence-electron chi connectivity index (χ4n) is 4.35. The lowest BCUT2D eigenvalue weighted by Gasteiger charge is -2.27. The number of likely N-dealkylation sites (tertiary alicyclic amines) is 1. The molecule has 0 radical (unpaired) electrons. The van der Waals surface area contributed by atoms with Gasteiger partial charge >= 0.3 is 0 Å². The number of carbonyl (C=O) groups is 1. The molecule has 3 N–H and O–H groups in total. The van der Waals surface area contributed by atoms with Gasteiger partial charge in [0.15, 0.2) is 11.5 Å². The van der Waals surface area contributed by atoms with Gasteiger partial charge in [-0.2, -0.15) is 0 Å². The Morgan fingerprint density at radius 2 is 2.06 bits per heavy atom. The molecule has 8 nitrogen and oxygen atoms in total. The third kappa shape index (κ3) is 5.50. The van der Waals surface area contributed by atoms with Crippen molar-refractivity contribution < 1.29 is 19.4 Å². The first kappa shape index (κ1) is 22.9. The molecule has 1 unspecified atom stereocenters. The minimum atomic E-state index is -0.250. The van der Waals surface area contributed by atoms with Gasteiger partial charge in [0.2, 0.25) is 0 Å². The number of fused-ring (bicyclic) bond motifs is 3. The maximum Gasteiger partial charge on any atom is 0.290 e. The lowest BCUT2D eigenvalue weighted by Crippen LogP contribution is -2.23. The highest BCUT2D eigenvalue weighted by Gasteiger charge is 2.22. The molecule has 2 aliphatic heterocycles. The first-order chi connectivity index (χ1) is 15.1. The molecule has 1 aromatic carbocycles. The highest BCUT2D eigenvalue weighted by atomic mass is 16.5. The van der Waals surface area contributed by atoms with Gasteiger partial charge in [0.25, 0.3) is 6.47 Å². The summed E-state index contributed by atoms with van der Waals surface area (Å²) in [6.07, 6.45) is 5.83. The van der Waals surface area contributed by atoms with Crippen LogP contribution in [-0.2, 0) is 11.2 Å². The van der Waals surface area contributed by atoms with Gasteiger partial charge in [0.05, 0.1) is 24.9 Å². The van der Waals surface area contributed by atoms with Gasteiger partial charge in [-0.25, -0.2) is 4.98 Å². The summed E-state index contributed by atoms with van der Waals surface area (Å²) in [4.78, 5) is 15.7. The number of hydrogen-bond donors (Lipinski definition) is 3. The number of aromatic nitrogens is 1. The van der Waals surface area contributed by atoms with Crippen LogP contribution in [0.5, 0.6) is 11.5 Å². The molecule has 0 spiro atoms. The molecule has 31 heavy (non-hydrogen) atoms. The van der Waals surface area contributed by atoms with Crippen LogP contribution < -0.4 is 20.1 Å². The standard InChI is InChI=1S/C22H32N4O2.CH2O2/c1-15-7-8-16-21(24-15)17-13-19(27-3)20(14-18(17)25-22(16)23-2)28-12-6-11-26-9-4-5-10-26;2-1-3/h13-15,24H,4-12H2,1-3H3,(H,23,25);1H,(H,2,3). The number of anilines is 2. The van der Waals surface area contributed by atoms with Gasteiger partial charge < -0.3 is 30.1 Å². The van der Waals surface area contributed by atoms with Crippen molar-refractivity contribution in [3.05, 3.63) is 17.7 Å². The van der Waals surface area contributed by atoms with Crippen LogP contribution in [0.4, 0.5) is 11.5 Å². The van der Waals surface area contributed by atoms with E-state index in [4.69, 9.17) is 24.4 Å². The Morgan fingerprint density at radius 3 is 2.74 bits per heavy atom. The maximum atomic E-state index is 8.36. The van der Waals surface area contributed by atoms with Crippen molar-refractivity contribution >= 4 is 28.9 Å². The second kappa shape index (κ2) is 11.0. The number of ether oxygens (including phenoxy) is 2. The number of hydrogen-bond acceptors (Lipinski definition) is 7. The average molecular weight is 431 g/mol. The van der Waals surface area contributed by atoms with Crippen LogP contribution in [-0.4, -0.2) is 67.9 Å². The second-order valence-electron chi connectivity index (χ2n) is 8.02. The van der Waals surface area contributed by atoms with Gasteiger partial charge in [-0.05, 0) is 58.2 Å². The van der Waals surface area contributed by atoms with Gasteiger partial charge in [0.1, 0.15) is 5.82 Å². The van der Waals surface area contributed by atoms with Gasteiger partial charge in [-0.15, -0.1) is 0 Å². The van der Waals surface area contributed by atoms with E-state index in [-0.39, 0.29) is 6.47 Å². The summed E-state index contributed by atoms with van der Waals surface area (Å²) in [7, 11) is 3.64. The molecular formula is C23H34N4O4. The summed E-state index contributed by atoms with van der Waals surface area (Å²) < 4.78 is 11.8. The zero-order valence-electron chi connectivity index (χ0n) is 18.7. The normalized spacial score (nSPS) is 17.8. The van der Waals surface area contributed by atoms with Crippen LogP contribution in [0.25, 0.3) is 10.9 Å². The SMILES string of the molecule is CNc1nc2cc(OCCCN3CCCC3)c(OC)cc2c2c1CCC(C)N2.O=CO. The fraction of sp³-hybridized carbons (Fsp3) is 0.565. The molecule has 0 aliphatic carbocycles. The largest absolute Gasteiger partial charge is 0.493 e. The lowest BCUT2D eigenvalue weighted by atomic mass is 9.96. The van der Waals surface area contributed by atoms with Crippen LogP contribution in [0.2, 0.25) is 0 Å². The van der Waals surface area contributed by atoms with E-state index >= 15 is 0 Å². The summed E-state index contributed by atoms with van der Waals surface area (Å²) in [5.41, 5.74) is 3.36. The number of rotatable bonds is 7. The summed E-state index contributed by atoms with van der Waals surface area (Å²) in [6, 6.07) is 4.54. The smallest absolute Gasteiger partial charge is 0.290 e. The third-order valence-electron chi connectivity index (χ3n) is 5.90. The first-order valence-electron chi connectivity index (χ1n) is 11.0. The van der Waals surface area contributed by atoms with E-state index < -0.39 is 0 Å². The Balaban J connectivity index is 0.000000858. The molecule has 1 aromatic heterocycles. The summed E-state index contributed by atoms with van der Waals surface area (Å²) in [5, 5.41) is 14.9. The van der Waals surface area contributed by atoms with E-state index in [1.807, 2.05) is 13.1 Å². The van der Waals surface area contributed by atoms with E-state index in [1.54, 1.807) is 7.11 Å². The molecule has 1 fully saturated rings. The van der Waals surface area contributed by atoms with E-state index in [1.165, 1.54) is 37.2 Å². The van der Waals surface area contributed by atoms with Crippen LogP contribution in [0.3, 0.4) is 0 Å². The Bertz CT molecular complexity index is 884. The van der Waals surface area contributed by atoms with Crippen molar-refractivity contribution in [2.24, 2.45) is 0 Å². The van der Waals surface area contributed by atoms with Gasteiger partial charge in [-0.3, -0.25) is 4.79 Å². The zero-order valence-corrected chi connectivity index (χ0v) is 18.7. The molecule has 8 heteroatoms. The van der Waals surface area contributed by atoms with E-state index in [2.05, 4.69) is 28.5 Å². The predicted molar refractivity (Wildman–Crippen MR) is 124 cm³/mol. The summed E-state index contributed by atoms with van der Waals surface area (Å²) in [6.45, 7) is 6.23. The molecule has 0 saturated carbocycles. The van der Waals surface area contributed by atoms with Crippen molar-refractivity contribution in [2.75, 3.05) is 51.0 Å². The van der Waals surface area contributed by atoms with Crippen LogP contribution >= 0.6 is 0 Å². The monoisotopic (exact) mass is 430 g/mol. The molecular weight excluding hydrogens is 396 g/mol. The average Bonchev–Trinajstić information content (AvgIpc) is 3.29. The van der Waals surface area contributed by atoms with Crippen molar-refractivity contribution in [1.29, 1.82) is 0 Å². The highest BCUT2D eigenvalue weighted by molar-refractivity contribution is 5.98. The number of pyridine rings is 1. The molecule has 2 aliphatic rings. The number of benzene rings is 1. The molecule has 1 saturated heterocycles. The fourth-order valence-corrected chi connectivity index (χ4v) is 4.35. The van der Waals surface area contributed by atoms with Crippen LogP contribution in [0.15, 0.2) is 12.1 Å². The highest BCUT2D eigenvalue weighted by Crippen LogP contribution is 2.40. The van der Waals surface area contributed by atoms with E-state index in [0.717, 1.165) is 54.0 Å². The van der Waals surface area contributed by atoms with Gasteiger partial charge in [-0.1, -0.05) is 0 Å². The minimum absolute atomic E-state index is 0.250. The molecule has 1 atom stereocenters. The molecule has 2 aromatic rings. The Hall–Kier alpha value is -2.74. The van der Waals surface area contributed by atoms with Crippen molar-refractivity contribution in [3.8, 4) is 11.5 Å². The van der Waals surface area contributed by atoms with E-state index in [0.29, 0.717) is 12.6 Å². The van der Waals surface area contributed by atoms with Crippen molar-refractivity contribution in [2.45, 2.75) is 45.1 Å². The van der Waals surface area contributed by atoms with Gasteiger partial charge in [0, 0.05) is 36.7 Å². The Kier molecular flexibility index (Phi) is 8.17. The molecule has 3 heterocycles. The minimum Gasteiger partial charge on any atom is -0.493 e. The lowest BCUT2D eigenvalue weighted by molar-refractivity contribution is -0.122. The Labute approximate surface area is 183 Å². The topological polar surface area (TPSA) is 96.0 Å². The predicted octanol–water partition coefficient (Wildman–Crippen LogP) is 3.60. The number of nitrogens with one attached hydrogen (secondary N) is 2. The third-order valence-corrected chi connectivity index (χ3v) is 5.90. The number of carboxylic acid groups (broad SMARTS) is 1. The Morgan fingerprint density at radius 1 is 1.32 bits per heavy atom. The van der Waals surface area contributed by atoms with Crippen molar-refractivity contribution in [1.82, 2.24) is 9.88 Å². The zero-order chi connectivity index (χ0) is 22.2. The first-order valence-corrected chi connectivity index (χ1v) is 11.0. The summed E-state index contributed by atoms with van der Waals surface area (Å²) in [5.74, 6) is 2.50. The maximum absolute atomic E-state index is 8.36.